The molecule has 1 atom stereocenters. The van der Waals surface area contributed by atoms with Crippen molar-refractivity contribution in [2.75, 3.05) is 18.5 Å². The predicted molar refractivity (Wildman–Crippen MR) is 80.5 cm³/mol. The first-order valence-electron chi connectivity index (χ1n) is 6.69. The normalized spacial score (nSPS) is 12.2. The molecule has 3 heteroatoms. The van der Waals surface area contributed by atoms with Crippen molar-refractivity contribution < 1.29 is 9.50 Å². The fraction of sp³-hybridized carbons (Fsp3) is 0.294. The van der Waals surface area contributed by atoms with Gasteiger partial charge in [-0.2, -0.15) is 0 Å². The Labute approximate surface area is 119 Å². The van der Waals surface area contributed by atoms with Crippen molar-refractivity contribution in [2.24, 2.45) is 0 Å². The van der Waals surface area contributed by atoms with Crippen molar-refractivity contribution in [3.63, 3.8) is 0 Å². The van der Waals surface area contributed by atoms with Crippen LogP contribution in [0.4, 0.5) is 10.1 Å². The fourth-order valence-electron chi connectivity index (χ4n) is 2.30. The monoisotopic (exact) mass is 273 g/mol. The molecule has 0 spiro atoms. The number of nitrogens with zero attached hydrogens (tertiary/aromatic N) is 1. The highest BCUT2D eigenvalue weighted by Gasteiger charge is 2.14. The predicted octanol–water partition coefficient (Wildman–Crippen LogP) is 3.61. The molecule has 0 aromatic heterocycles. The van der Waals surface area contributed by atoms with Crippen LogP contribution < -0.4 is 4.90 Å². The van der Waals surface area contributed by atoms with Gasteiger partial charge in [-0.1, -0.05) is 29.8 Å². The zero-order valence-corrected chi connectivity index (χ0v) is 12.1. The van der Waals surface area contributed by atoms with Gasteiger partial charge in [0.1, 0.15) is 5.82 Å². The Balaban J connectivity index is 2.15. The average molecular weight is 273 g/mol. The van der Waals surface area contributed by atoms with Gasteiger partial charge in [-0.05, 0) is 43.2 Å². The van der Waals surface area contributed by atoms with Crippen LogP contribution in [0.5, 0.6) is 0 Å². The summed E-state index contributed by atoms with van der Waals surface area (Å²) in [4.78, 5) is 1.86. The number of anilines is 1. The number of aryl methyl sites for hydroxylation is 2. The number of hydrogen-bond donors (Lipinski definition) is 1. The third kappa shape index (κ3) is 3.36. The number of hydrogen-bond acceptors (Lipinski definition) is 2. The third-order valence-corrected chi connectivity index (χ3v) is 3.49. The van der Waals surface area contributed by atoms with Crippen LogP contribution in [-0.2, 0) is 0 Å². The lowest BCUT2D eigenvalue weighted by Crippen LogP contribution is -2.24. The van der Waals surface area contributed by atoms with Crippen LogP contribution in [0.3, 0.4) is 0 Å². The summed E-state index contributed by atoms with van der Waals surface area (Å²) >= 11 is 0. The van der Waals surface area contributed by atoms with Gasteiger partial charge in [0.05, 0.1) is 6.10 Å². The quantitative estimate of drug-likeness (QED) is 0.920. The molecule has 0 amide bonds. The van der Waals surface area contributed by atoms with Crippen LogP contribution >= 0.6 is 0 Å². The van der Waals surface area contributed by atoms with Gasteiger partial charge in [-0.25, -0.2) is 4.39 Å². The van der Waals surface area contributed by atoms with Crippen molar-refractivity contribution in [3.8, 4) is 0 Å². The van der Waals surface area contributed by atoms with Gasteiger partial charge >= 0.3 is 0 Å². The van der Waals surface area contributed by atoms with Crippen LogP contribution in [0.2, 0.25) is 0 Å². The molecule has 0 fully saturated rings. The highest BCUT2D eigenvalue weighted by atomic mass is 19.1. The summed E-state index contributed by atoms with van der Waals surface area (Å²) in [5, 5.41) is 10.4. The molecule has 1 N–H and O–H groups in total. The molecule has 0 radical (unpaired) electrons. The van der Waals surface area contributed by atoms with E-state index < -0.39 is 6.10 Å². The molecule has 106 valence electrons. The Morgan fingerprint density at radius 3 is 2.60 bits per heavy atom. The van der Waals surface area contributed by atoms with Gasteiger partial charge in [-0.3, -0.25) is 0 Å². The van der Waals surface area contributed by atoms with E-state index in [0.717, 1.165) is 22.4 Å². The smallest absolute Gasteiger partial charge is 0.125 e. The van der Waals surface area contributed by atoms with Crippen LogP contribution in [0.1, 0.15) is 22.8 Å². The summed E-state index contributed by atoms with van der Waals surface area (Å²) in [6.45, 7) is 4.42. The molecule has 0 aliphatic carbocycles. The lowest BCUT2D eigenvalue weighted by Gasteiger charge is -2.24. The molecule has 2 rings (SSSR count). The van der Waals surface area contributed by atoms with E-state index in [9.17, 15) is 9.50 Å². The molecule has 1 unspecified atom stereocenters. The zero-order valence-electron chi connectivity index (χ0n) is 12.1. The maximum atomic E-state index is 13.2. The lowest BCUT2D eigenvalue weighted by molar-refractivity contribution is 0.184. The SMILES string of the molecule is Cc1ccc(C)c(C(O)CN(C)c2cccc(F)c2)c1. The van der Waals surface area contributed by atoms with Gasteiger partial charge in [0.15, 0.2) is 0 Å². The van der Waals surface area contributed by atoms with Crippen LogP contribution in [0.15, 0.2) is 42.5 Å². The standard InChI is InChI=1S/C17H20FNO/c1-12-7-8-13(2)16(9-12)17(20)11-19(3)15-6-4-5-14(18)10-15/h4-10,17,20H,11H2,1-3H3. The summed E-state index contributed by atoms with van der Waals surface area (Å²) in [5.41, 5.74) is 3.87. The number of aliphatic hydroxyl groups excluding tert-OH is 1. The van der Waals surface area contributed by atoms with Crippen LogP contribution in [0.25, 0.3) is 0 Å². The fourth-order valence-corrected chi connectivity index (χ4v) is 2.30. The highest BCUT2D eigenvalue weighted by Crippen LogP contribution is 2.22. The second kappa shape index (κ2) is 6.06. The van der Waals surface area contributed by atoms with Crippen molar-refractivity contribution in [3.05, 3.63) is 65.0 Å². The van der Waals surface area contributed by atoms with Crippen LogP contribution in [-0.4, -0.2) is 18.7 Å². The van der Waals surface area contributed by atoms with E-state index in [1.54, 1.807) is 6.07 Å². The maximum absolute atomic E-state index is 13.2. The molecule has 2 aromatic rings. The molecule has 2 aromatic carbocycles. The molecule has 0 saturated heterocycles. The lowest BCUT2D eigenvalue weighted by atomic mass is 10.0. The number of likely N-dealkylation sites (N-methyl/N-ethyl adjacent to an activating group) is 1. The van der Waals surface area contributed by atoms with E-state index in [2.05, 4.69) is 0 Å². The largest absolute Gasteiger partial charge is 0.387 e. The van der Waals surface area contributed by atoms with E-state index in [4.69, 9.17) is 0 Å². The molecule has 0 aliphatic heterocycles. The minimum Gasteiger partial charge on any atom is -0.387 e. The Morgan fingerprint density at radius 1 is 1.15 bits per heavy atom. The summed E-state index contributed by atoms with van der Waals surface area (Å²) in [5.74, 6) is -0.268. The molecule has 0 heterocycles. The minimum absolute atomic E-state index is 0.268. The molecule has 2 nitrogen and oxygen atoms in total. The Morgan fingerprint density at radius 2 is 1.90 bits per heavy atom. The van der Waals surface area contributed by atoms with E-state index in [0.29, 0.717) is 6.54 Å². The first kappa shape index (κ1) is 14.5. The van der Waals surface area contributed by atoms with Gasteiger partial charge < -0.3 is 10.0 Å². The van der Waals surface area contributed by atoms with E-state index in [-0.39, 0.29) is 5.82 Å². The first-order chi connectivity index (χ1) is 9.47. The summed E-state index contributed by atoms with van der Waals surface area (Å²) in [7, 11) is 1.85. The van der Waals surface area contributed by atoms with E-state index >= 15 is 0 Å². The molecule has 0 saturated carbocycles. The Bertz CT molecular complexity index is 597. The molecular weight excluding hydrogens is 253 g/mol. The molecule has 20 heavy (non-hydrogen) atoms. The number of rotatable bonds is 4. The van der Waals surface area contributed by atoms with E-state index in [1.165, 1.54) is 12.1 Å². The van der Waals surface area contributed by atoms with Gasteiger partial charge in [0.25, 0.3) is 0 Å². The molecule has 0 aliphatic rings. The van der Waals surface area contributed by atoms with Crippen molar-refractivity contribution in [1.29, 1.82) is 0 Å². The Hall–Kier alpha value is -1.87. The topological polar surface area (TPSA) is 23.5 Å². The maximum Gasteiger partial charge on any atom is 0.125 e. The number of halogens is 1. The molecule has 0 bridgehead atoms. The highest BCUT2D eigenvalue weighted by molar-refractivity contribution is 5.46. The summed E-state index contributed by atoms with van der Waals surface area (Å²) in [6, 6.07) is 12.4. The summed E-state index contributed by atoms with van der Waals surface area (Å²) in [6.07, 6.45) is -0.594. The zero-order chi connectivity index (χ0) is 14.7. The second-order valence-electron chi connectivity index (χ2n) is 5.24. The number of benzene rings is 2. The first-order valence-corrected chi connectivity index (χ1v) is 6.69. The van der Waals surface area contributed by atoms with Crippen molar-refractivity contribution >= 4 is 5.69 Å². The van der Waals surface area contributed by atoms with Crippen molar-refractivity contribution in [2.45, 2.75) is 20.0 Å². The van der Waals surface area contributed by atoms with Gasteiger partial charge in [0.2, 0.25) is 0 Å². The summed E-state index contributed by atoms with van der Waals surface area (Å²) < 4.78 is 13.2. The van der Waals surface area contributed by atoms with E-state index in [1.807, 2.05) is 50.1 Å². The minimum atomic E-state index is -0.594. The van der Waals surface area contributed by atoms with Gasteiger partial charge in [-0.15, -0.1) is 0 Å². The Kier molecular flexibility index (Phi) is 4.40. The number of aliphatic hydroxyl groups is 1. The third-order valence-electron chi connectivity index (χ3n) is 3.49. The van der Waals surface area contributed by atoms with Gasteiger partial charge in [0, 0.05) is 19.3 Å². The average Bonchev–Trinajstić information content (AvgIpc) is 2.41. The molecular formula is C17H20FNO. The van der Waals surface area contributed by atoms with Crippen LogP contribution in [0, 0.1) is 19.7 Å². The second-order valence-corrected chi connectivity index (χ2v) is 5.24. The van der Waals surface area contributed by atoms with Crippen molar-refractivity contribution in [1.82, 2.24) is 0 Å².